The number of rotatable bonds is 7. The van der Waals surface area contributed by atoms with Gasteiger partial charge >= 0.3 is 0 Å². The molecule has 2 heterocycles. The van der Waals surface area contributed by atoms with Crippen molar-refractivity contribution in [3.05, 3.63) is 0 Å². The first-order valence-corrected chi connectivity index (χ1v) is 9.13. The molecule has 146 valence electrons. The van der Waals surface area contributed by atoms with Crippen LogP contribution in [0.25, 0.3) is 0 Å². The Morgan fingerprint density at radius 1 is 1.23 bits per heavy atom. The second kappa shape index (κ2) is 8.16. The van der Waals surface area contributed by atoms with Crippen molar-refractivity contribution >= 4 is 23.5 Å². The highest BCUT2D eigenvalue weighted by Crippen LogP contribution is 2.31. The first kappa shape index (κ1) is 20.4. The van der Waals surface area contributed by atoms with Gasteiger partial charge in [0, 0.05) is 26.0 Å². The van der Waals surface area contributed by atoms with Crippen molar-refractivity contribution in [1.82, 2.24) is 9.80 Å². The largest absolute Gasteiger partial charge is 0.371 e. The van der Waals surface area contributed by atoms with Gasteiger partial charge in [-0.3, -0.25) is 19.2 Å². The molecule has 2 saturated heterocycles. The Balaban J connectivity index is 2.05. The topological polar surface area (TPSA) is 110 Å². The number of carbonyl (C=O) groups is 4. The van der Waals surface area contributed by atoms with Crippen LogP contribution < -0.4 is 5.73 Å². The van der Waals surface area contributed by atoms with Crippen molar-refractivity contribution in [2.45, 2.75) is 58.2 Å². The quantitative estimate of drug-likeness (QED) is 0.678. The predicted octanol–water partition coefficient (Wildman–Crippen LogP) is -0.0602. The van der Waals surface area contributed by atoms with Crippen molar-refractivity contribution < 1.29 is 23.9 Å². The van der Waals surface area contributed by atoms with Crippen LogP contribution in [0.1, 0.15) is 40.0 Å². The van der Waals surface area contributed by atoms with Crippen LogP contribution in [-0.2, 0) is 23.9 Å². The van der Waals surface area contributed by atoms with Crippen LogP contribution >= 0.6 is 0 Å². The lowest BCUT2D eigenvalue weighted by Crippen LogP contribution is -2.47. The van der Waals surface area contributed by atoms with Crippen LogP contribution in [0.5, 0.6) is 0 Å². The van der Waals surface area contributed by atoms with Crippen molar-refractivity contribution in [3.8, 4) is 0 Å². The number of ketones is 1. The molecule has 3 amide bonds. The molecule has 4 atom stereocenters. The van der Waals surface area contributed by atoms with Gasteiger partial charge in [-0.1, -0.05) is 20.8 Å². The zero-order valence-corrected chi connectivity index (χ0v) is 15.9. The fourth-order valence-electron chi connectivity index (χ4n) is 3.84. The third kappa shape index (κ3) is 3.90. The minimum atomic E-state index is -0.595. The highest BCUT2D eigenvalue weighted by atomic mass is 16.5. The molecular weight excluding hydrogens is 338 g/mol. The number of hydrogen-bond acceptors (Lipinski definition) is 5. The summed E-state index contributed by atoms with van der Waals surface area (Å²) in [7, 11) is 1.49. The van der Waals surface area contributed by atoms with Crippen LogP contribution in [0.15, 0.2) is 0 Å². The van der Waals surface area contributed by atoms with E-state index in [1.807, 2.05) is 13.8 Å². The first-order valence-electron chi connectivity index (χ1n) is 9.13. The summed E-state index contributed by atoms with van der Waals surface area (Å²) in [6, 6.07) is -0.871. The SMILES string of the molecule is COC(C(=O)N1CC(=O)C2C1CCN2C(=O)CCC(C)C(N)=O)C(C)C. The van der Waals surface area contributed by atoms with E-state index in [9.17, 15) is 19.2 Å². The Morgan fingerprint density at radius 2 is 1.88 bits per heavy atom. The van der Waals surface area contributed by atoms with Crippen LogP contribution in [0, 0.1) is 11.8 Å². The molecule has 0 aromatic heterocycles. The molecule has 2 N–H and O–H groups in total. The van der Waals surface area contributed by atoms with E-state index in [0.29, 0.717) is 19.4 Å². The maximum atomic E-state index is 12.8. The Kier molecular flexibility index (Phi) is 6.39. The number of nitrogens with two attached hydrogens (primary N) is 1. The average Bonchev–Trinajstić information content (AvgIpc) is 3.14. The van der Waals surface area contributed by atoms with Gasteiger partial charge in [-0.2, -0.15) is 0 Å². The monoisotopic (exact) mass is 367 g/mol. The predicted molar refractivity (Wildman–Crippen MR) is 93.9 cm³/mol. The van der Waals surface area contributed by atoms with Crippen LogP contribution in [-0.4, -0.2) is 71.7 Å². The van der Waals surface area contributed by atoms with Gasteiger partial charge in [-0.05, 0) is 18.8 Å². The zero-order valence-electron chi connectivity index (χ0n) is 15.9. The van der Waals surface area contributed by atoms with E-state index in [4.69, 9.17) is 10.5 Å². The molecule has 2 fully saturated rings. The van der Waals surface area contributed by atoms with Crippen LogP contribution in [0.4, 0.5) is 0 Å². The van der Waals surface area contributed by atoms with Gasteiger partial charge in [0.25, 0.3) is 5.91 Å². The van der Waals surface area contributed by atoms with E-state index in [1.54, 1.807) is 16.7 Å². The molecule has 2 aliphatic rings. The second-order valence-corrected chi connectivity index (χ2v) is 7.56. The van der Waals surface area contributed by atoms with Gasteiger partial charge in [-0.15, -0.1) is 0 Å². The van der Waals surface area contributed by atoms with E-state index in [2.05, 4.69) is 0 Å². The maximum absolute atomic E-state index is 12.8. The number of carbonyl (C=O) groups excluding carboxylic acids is 4. The second-order valence-electron chi connectivity index (χ2n) is 7.56. The van der Waals surface area contributed by atoms with Crippen LogP contribution in [0.3, 0.4) is 0 Å². The van der Waals surface area contributed by atoms with Gasteiger partial charge in [0.05, 0.1) is 12.6 Å². The molecule has 0 bridgehead atoms. The van der Waals surface area contributed by atoms with E-state index < -0.39 is 18.1 Å². The number of amides is 3. The minimum absolute atomic E-state index is 0.00363. The number of fused-ring (bicyclic) bond motifs is 1. The lowest BCUT2D eigenvalue weighted by Gasteiger charge is -2.28. The third-order valence-corrected chi connectivity index (χ3v) is 5.41. The average molecular weight is 367 g/mol. The molecule has 4 unspecified atom stereocenters. The summed E-state index contributed by atoms with van der Waals surface area (Å²) in [4.78, 5) is 52.1. The van der Waals surface area contributed by atoms with Crippen molar-refractivity contribution in [2.75, 3.05) is 20.2 Å². The Morgan fingerprint density at radius 3 is 2.42 bits per heavy atom. The number of likely N-dealkylation sites (tertiary alicyclic amines) is 2. The smallest absolute Gasteiger partial charge is 0.252 e. The molecule has 0 saturated carbocycles. The summed E-state index contributed by atoms with van der Waals surface area (Å²) in [6.07, 6.45) is 0.509. The van der Waals surface area contributed by atoms with E-state index >= 15 is 0 Å². The normalized spacial score (nSPS) is 24.7. The molecule has 0 aromatic carbocycles. The molecule has 8 heteroatoms. The summed E-state index contributed by atoms with van der Waals surface area (Å²) in [5.74, 6) is -1.31. The fraction of sp³-hybridized carbons (Fsp3) is 0.778. The van der Waals surface area contributed by atoms with Gasteiger partial charge in [-0.25, -0.2) is 0 Å². The number of Topliss-reactive ketones (excluding diaryl/α,β-unsaturated/α-hetero) is 1. The highest BCUT2D eigenvalue weighted by molar-refractivity contribution is 5.98. The summed E-state index contributed by atoms with van der Waals surface area (Å²) in [5, 5.41) is 0. The minimum Gasteiger partial charge on any atom is -0.371 e. The summed E-state index contributed by atoms with van der Waals surface area (Å²) in [5.41, 5.74) is 5.23. The Labute approximate surface area is 154 Å². The molecule has 0 aliphatic carbocycles. The molecule has 0 spiro atoms. The van der Waals surface area contributed by atoms with Crippen LogP contribution in [0.2, 0.25) is 0 Å². The van der Waals surface area contributed by atoms with Gasteiger partial charge < -0.3 is 20.3 Å². The number of hydrogen-bond donors (Lipinski definition) is 1. The van der Waals surface area contributed by atoms with E-state index in [1.165, 1.54) is 7.11 Å². The molecular formula is C18H29N3O5. The lowest BCUT2D eigenvalue weighted by molar-refractivity contribution is -0.146. The van der Waals surface area contributed by atoms with Gasteiger partial charge in [0.15, 0.2) is 5.78 Å². The van der Waals surface area contributed by atoms with Crippen molar-refractivity contribution in [2.24, 2.45) is 17.6 Å². The summed E-state index contributed by atoms with van der Waals surface area (Å²) >= 11 is 0. The molecule has 2 aliphatic heterocycles. The number of primary amides is 1. The lowest BCUT2D eigenvalue weighted by atomic mass is 10.0. The van der Waals surface area contributed by atoms with Gasteiger partial charge in [0.1, 0.15) is 12.1 Å². The number of nitrogens with zero attached hydrogens (tertiary/aromatic N) is 2. The Hall–Kier alpha value is -1.96. The molecule has 8 nitrogen and oxygen atoms in total. The maximum Gasteiger partial charge on any atom is 0.252 e. The standard InChI is InChI=1S/C18H29N3O5/c1-10(2)16(26-4)18(25)21-9-13(22)15-12(21)7-8-20(15)14(23)6-5-11(3)17(19)24/h10-12,15-16H,5-9H2,1-4H3,(H2,19,24). The van der Waals surface area contributed by atoms with Gasteiger partial charge in [0.2, 0.25) is 11.8 Å². The van der Waals surface area contributed by atoms with E-state index in [-0.39, 0.29) is 48.4 Å². The highest BCUT2D eigenvalue weighted by Gasteiger charge is 2.52. The number of ether oxygens (including phenoxy) is 1. The Bertz CT molecular complexity index is 591. The molecule has 2 rings (SSSR count). The molecule has 0 aromatic rings. The first-order chi connectivity index (χ1) is 12.2. The molecule has 26 heavy (non-hydrogen) atoms. The van der Waals surface area contributed by atoms with E-state index in [0.717, 1.165) is 0 Å². The summed E-state index contributed by atoms with van der Waals surface area (Å²) in [6.45, 7) is 5.92. The number of methoxy groups -OCH3 is 1. The van der Waals surface area contributed by atoms with Crippen molar-refractivity contribution in [1.29, 1.82) is 0 Å². The summed E-state index contributed by atoms with van der Waals surface area (Å²) < 4.78 is 5.30. The third-order valence-electron chi connectivity index (χ3n) is 5.41. The molecule has 0 radical (unpaired) electrons. The fourth-order valence-corrected chi connectivity index (χ4v) is 3.84. The van der Waals surface area contributed by atoms with Crippen molar-refractivity contribution in [3.63, 3.8) is 0 Å². The zero-order chi connectivity index (χ0) is 19.6.